The second-order valence-electron chi connectivity index (χ2n) is 10.5. The zero-order chi connectivity index (χ0) is 20.3. The van der Waals surface area contributed by atoms with Gasteiger partial charge in [0, 0.05) is 18.9 Å². The normalized spacial score (nSPS) is 53.1. The second-order valence-corrected chi connectivity index (χ2v) is 11.7. The van der Waals surface area contributed by atoms with Crippen molar-refractivity contribution >= 4 is 21.9 Å². The average molecular weight is 457 g/mol. The number of methoxy groups -OCH3 is 1. The Morgan fingerprint density at radius 1 is 1.11 bits per heavy atom. The number of rotatable bonds is 3. The van der Waals surface area contributed by atoms with Crippen LogP contribution in [0.4, 0.5) is 0 Å². The molecule has 4 fully saturated rings. The highest BCUT2D eigenvalue weighted by molar-refractivity contribution is 9.09. The molecule has 0 spiro atoms. The van der Waals surface area contributed by atoms with Crippen molar-refractivity contribution in [2.75, 3.05) is 7.11 Å². The number of aliphatic hydroxyl groups is 1. The van der Waals surface area contributed by atoms with Crippen LogP contribution >= 0.6 is 15.9 Å². The predicted octanol–water partition coefficient (Wildman–Crippen LogP) is 4.71. The molecule has 1 N–H and O–H groups in total. The summed E-state index contributed by atoms with van der Waals surface area (Å²) >= 11 is 3.85. The van der Waals surface area contributed by atoms with Gasteiger partial charge in [-0.1, -0.05) is 36.7 Å². The first-order valence-electron chi connectivity index (χ1n) is 11.3. The summed E-state index contributed by atoms with van der Waals surface area (Å²) in [6.45, 7) is 6.66. The Morgan fingerprint density at radius 2 is 1.82 bits per heavy atom. The highest BCUT2D eigenvalue weighted by Crippen LogP contribution is 2.67. The third-order valence-electron chi connectivity index (χ3n) is 9.41. The van der Waals surface area contributed by atoms with Crippen LogP contribution in [0.2, 0.25) is 0 Å². The number of esters is 1. The van der Waals surface area contributed by atoms with Crippen molar-refractivity contribution in [3.8, 4) is 0 Å². The van der Waals surface area contributed by atoms with E-state index >= 15 is 0 Å². The Hall–Kier alpha value is -0.130. The summed E-state index contributed by atoms with van der Waals surface area (Å²) in [5.41, 5.74) is 0.272. The molecular formula is C23H37BrO4. The van der Waals surface area contributed by atoms with Crippen molar-refractivity contribution in [3.05, 3.63) is 0 Å². The number of halogens is 1. The van der Waals surface area contributed by atoms with E-state index in [1.165, 1.54) is 6.42 Å². The lowest BCUT2D eigenvalue weighted by Crippen LogP contribution is -2.59. The van der Waals surface area contributed by atoms with Gasteiger partial charge in [0.1, 0.15) is 6.10 Å². The van der Waals surface area contributed by atoms with Gasteiger partial charge in [-0.3, -0.25) is 4.79 Å². The van der Waals surface area contributed by atoms with E-state index in [4.69, 9.17) is 9.47 Å². The highest BCUT2D eigenvalue weighted by Gasteiger charge is 2.65. The summed E-state index contributed by atoms with van der Waals surface area (Å²) in [5, 5.41) is 11.3. The van der Waals surface area contributed by atoms with Gasteiger partial charge in [0.05, 0.1) is 17.0 Å². The topological polar surface area (TPSA) is 55.8 Å². The molecule has 0 amide bonds. The fraction of sp³-hybridized carbons (Fsp3) is 0.957. The lowest BCUT2D eigenvalue weighted by atomic mass is 9.44. The minimum atomic E-state index is -0.247. The molecule has 0 aromatic carbocycles. The summed E-state index contributed by atoms with van der Waals surface area (Å²) in [4.78, 5) is 12.3. The van der Waals surface area contributed by atoms with Crippen molar-refractivity contribution < 1.29 is 19.4 Å². The van der Waals surface area contributed by atoms with Crippen LogP contribution in [-0.2, 0) is 14.3 Å². The maximum atomic E-state index is 12.1. The van der Waals surface area contributed by atoms with Crippen molar-refractivity contribution in [1.82, 2.24) is 0 Å². The molecule has 10 unspecified atom stereocenters. The molecule has 4 saturated carbocycles. The molecule has 0 bridgehead atoms. The van der Waals surface area contributed by atoms with E-state index in [1.807, 2.05) is 14.0 Å². The minimum Gasteiger partial charge on any atom is -0.461 e. The molecule has 0 aliphatic heterocycles. The maximum Gasteiger partial charge on any atom is 0.305 e. The lowest BCUT2D eigenvalue weighted by molar-refractivity contribution is -0.186. The van der Waals surface area contributed by atoms with Crippen LogP contribution in [-0.4, -0.2) is 41.3 Å². The summed E-state index contributed by atoms with van der Waals surface area (Å²) in [7, 11) is 1.83. The summed E-state index contributed by atoms with van der Waals surface area (Å²) < 4.78 is 11.6. The number of carbonyl (C=O) groups excluding carboxylic acids is 1. The molecule has 0 aromatic rings. The van der Waals surface area contributed by atoms with Crippen molar-refractivity contribution in [1.29, 1.82) is 0 Å². The second kappa shape index (κ2) is 7.53. The van der Waals surface area contributed by atoms with E-state index < -0.39 is 0 Å². The molecule has 0 radical (unpaired) electrons. The van der Waals surface area contributed by atoms with Crippen LogP contribution in [0, 0.1) is 34.5 Å². The molecular weight excluding hydrogens is 420 g/mol. The van der Waals surface area contributed by atoms with Gasteiger partial charge >= 0.3 is 5.97 Å². The SMILES string of the molecule is CCC(=O)OC1C(Br)CC2C3C(O)CC4CC(OC)CCC4(C)C3CCC21C. The lowest BCUT2D eigenvalue weighted by Gasteiger charge is -2.62. The smallest absolute Gasteiger partial charge is 0.305 e. The van der Waals surface area contributed by atoms with E-state index in [-0.39, 0.29) is 28.4 Å². The van der Waals surface area contributed by atoms with Gasteiger partial charge in [0.2, 0.25) is 0 Å². The molecule has 0 heterocycles. The van der Waals surface area contributed by atoms with Gasteiger partial charge in [-0.15, -0.1) is 0 Å². The molecule has 10 atom stereocenters. The van der Waals surface area contributed by atoms with Gasteiger partial charge in [-0.05, 0) is 74.0 Å². The number of aliphatic hydroxyl groups excluding tert-OH is 1. The van der Waals surface area contributed by atoms with Crippen LogP contribution in [0.5, 0.6) is 0 Å². The number of hydrogen-bond acceptors (Lipinski definition) is 4. The minimum absolute atomic E-state index is 0.0337. The summed E-state index contributed by atoms with van der Waals surface area (Å²) in [6, 6.07) is 0. The van der Waals surface area contributed by atoms with E-state index in [0.29, 0.717) is 41.6 Å². The largest absolute Gasteiger partial charge is 0.461 e. The van der Waals surface area contributed by atoms with Gasteiger partial charge < -0.3 is 14.6 Å². The van der Waals surface area contributed by atoms with E-state index in [1.54, 1.807) is 0 Å². The Bertz CT molecular complexity index is 611. The zero-order valence-corrected chi connectivity index (χ0v) is 19.4. The van der Waals surface area contributed by atoms with Gasteiger partial charge in [0.25, 0.3) is 0 Å². The van der Waals surface area contributed by atoms with Crippen molar-refractivity contribution in [2.24, 2.45) is 34.5 Å². The molecule has 4 aliphatic rings. The highest BCUT2D eigenvalue weighted by atomic mass is 79.9. The third-order valence-corrected chi connectivity index (χ3v) is 10.3. The molecule has 4 aliphatic carbocycles. The van der Waals surface area contributed by atoms with Crippen LogP contribution in [0.1, 0.15) is 72.1 Å². The molecule has 5 heteroatoms. The first-order chi connectivity index (χ1) is 13.2. The monoisotopic (exact) mass is 456 g/mol. The quantitative estimate of drug-likeness (QED) is 0.493. The Morgan fingerprint density at radius 3 is 2.50 bits per heavy atom. The molecule has 4 nitrogen and oxygen atoms in total. The molecule has 4 rings (SSSR count). The van der Waals surface area contributed by atoms with Crippen molar-refractivity contribution in [2.45, 2.75) is 95.3 Å². The van der Waals surface area contributed by atoms with Crippen LogP contribution in [0.15, 0.2) is 0 Å². The maximum absolute atomic E-state index is 12.1. The Balaban J connectivity index is 1.61. The number of fused-ring (bicyclic) bond motifs is 5. The van der Waals surface area contributed by atoms with Gasteiger partial charge in [0.15, 0.2) is 0 Å². The fourth-order valence-electron chi connectivity index (χ4n) is 7.76. The van der Waals surface area contributed by atoms with Gasteiger partial charge in [-0.25, -0.2) is 0 Å². The predicted molar refractivity (Wildman–Crippen MR) is 112 cm³/mol. The van der Waals surface area contributed by atoms with E-state index in [2.05, 4.69) is 29.8 Å². The van der Waals surface area contributed by atoms with Crippen LogP contribution in [0.3, 0.4) is 0 Å². The number of ether oxygens (including phenoxy) is 2. The number of carbonyl (C=O) groups is 1. The van der Waals surface area contributed by atoms with Crippen LogP contribution < -0.4 is 0 Å². The number of hydrogen-bond donors (Lipinski definition) is 1. The van der Waals surface area contributed by atoms with Crippen LogP contribution in [0.25, 0.3) is 0 Å². The zero-order valence-electron chi connectivity index (χ0n) is 17.8. The van der Waals surface area contributed by atoms with Gasteiger partial charge in [-0.2, -0.15) is 0 Å². The van der Waals surface area contributed by atoms with E-state index in [9.17, 15) is 9.90 Å². The molecule has 0 aromatic heterocycles. The Kier molecular flexibility index (Phi) is 5.68. The first-order valence-corrected chi connectivity index (χ1v) is 12.2. The third kappa shape index (κ3) is 3.10. The Labute approximate surface area is 178 Å². The summed E-state index contributed by atoms with van der Waals surface area (Å²) in [6.07, 6.45) is 8.02. The standard InChI is InChI=1S/C23H37BrO4/c1-5-19(26)28-21-17(24)12-16-20-15(7-9-23(16,21)3)22(2)8-6-14(27-4)10-13(22)11-18(20)25/h13-18,20-21,25H,5-12H2,1-4H3. The fourth-order valence-corrected chi connectivity index (χ4v) is 8.87. The average Bonchev–Trinajstić information content (AvgIpc) is 2.92. The molecule has 160 valence electrons. The number of alkyl halides is 1. The molecule has 0 saturated heterocycles. The van der Waals surface area contributed by atoms with Crippen molar-refractivity contribution in [3.63, 3.8) is 0 Å². The molecule has 28 heavy (non-hydrogen) atoms. The van der Waals surface area contributed by atoms with E-state index in [0.717, 1.165) is 38.5 Å². The summed E-state index contributed by atoms with van der Waals surface area (Å²) in [5.74, 6) is 1.76. The first kappa shape index (κ1) is 21.1.